The van der Waals surface area contributed by atoms with Crippen LogP contribution in [0.5, 0.6) is 17.2 Å². The topological polar surface area (TPSA) is 60.3 Å². The van der Waals surface area contributed by atoms with Gasteiger partial charge in [0.25, 0.3) is 0 Å². The highest BCUT2D eigenvalue weighted by atomic mass is 127. The number of ether oxygens (including phenoxy) is 3. The highest BCUT2D eigenvalue weighted by Gasteiger charge is 2.17. The lowest BCUT2D eigenvalue weighted by Crippen LogP contribution is -2.38. The number of rotatable bonds is 7. The van der Waals surface area contributed by atoms with Crippen LogP contribution in [-0.4, -0.2) is 50.9 Å². The number of hydrogen-bond acceptors (Lipinski definition) is 4. The van der Waals surface area contributed by atoms with Crippen LogP contribution in [-0.2, 0) is 20.1 Å². The third-order valence-corrected chi connectivity index (χ3v) is 4.70. The molecule has 28 heavy (non-hydrogen) atoms. The number of nitrogens with zero attached hydrogens (tertiary/aromatic N) is 3. The Bertz CT molecular complexity index is 811. The zero-order chi connectivity index (χ0) is 20.0. The minimum Gasteiger partial charge on any atom is -0.493 e. The first-order valence-corrected chi connectivity index (χ1v) is 9.24. The third-order valence-electron chi connectivity index (χ3n) is 4.27. The minimum atomic E-state index is 0. The van der Waals surface area contributed by atoms with Crippen molar-refractivity contribution in [2.24, 2.45) is 12.0 Å². The van der Waals surface area contributed by atoms with Crippen molar-refractivity contribution in [3.63, 3.8) is 0 Å². The monoisotopic (exact) mass is 566 g/mol. The van der Waals surface area contributed by atoms with Crippen molar-refractivity contribution in [2.75, 3.05) is 35.4 Å². The molecule has 2 aromatic rings. The van der Waals surface area contributed by atoms with E-state index in [1.165, 1.54) is 5.69 Å². The van der Waals surface area contributed by atoms with E-state index in [0.717, 1.165) is 22.5 Å². The number of aliphatic imine (C=N–C) groups is 1. The zero-order valence-corrected chi connectivity index (χ0v) is 21.0. The predicted molar refractivity (Wildman–Crippen MR) is 126 cm³/mol. The number of halogens is 2. The Hall–Kier alpha value is -1.62. The Labute approximate surface area is 192 Å². The van der Waals surface area contributed by atoms with E-state index in [9.17, 15) is 0 Å². The maximum absolute atomic E-state index is 5.54. The molecule has 2 rings (SSSR count). The van der Waals surface area contributed by atoms with Crippen LogP contribution < -0.4 is 19.5 Å². The maximum Gasteiger partial charge on any atom is 0.203 e. The van der Waals surface area contributed by atoms with Gasteiger partial charge in [-0.3, -0.25) is 4.99 Å². The van der Waals surface area contributed by atoms with Crippen molar-refractivity contribution >= 4 is 45.9 Å². The average Bonchev–Trinajstić information content (AvgIpc) is 2.98. The molecule has 0 unspecified atom stereocenters. The van der Waals surface area contributed by atoms with Crippen molar-refractivity contribution < 1.29 is 14.2 Å². The molecule has 0 atom stereocenters. The second kappa shape index (κ2) is 11.4. The molecule has 1 aromatic heterocycles. The van der Waals surface area contributed by atoms with Gasteiger partial charge in [0, 0.05) is 49.6 Å². The summed E-state index contributed by atoms with van der Waals surface area (Å²) in [6, 6.07) is 5.92. The standard InChI is InChI=1S/C19H27BrN4O3.HI/c1-21-19(24(3)12-15-9-14(20)11-23(15)2)22-10-13-7-8-16(25-4)18(27-6)17(13)26-5;/h7-9,11H,10,12H2,1-6H3,(H,21,22);1H. The van der Waals surface area contributed by atoms with E-state index in [1.54, 1.807) is 28.4 Å². The summed E-state index contributed by atoms with van der Waals surface area (Å²) in [7, 11) is 10.6. The Morgan fingerprint density at radius 2 is 1.86 bits per heavy atom. The summed E-state index contributed by atoms with van der Waals surface area (Å²) in [4.78, 5) is 6.45. The zero-order valence-electron chi connectivity index (χ0n) is 17.1. The summed E-state index contributed by atoms with van der Waals surface area (Å²) < 4.78 is 19.5. The maximum atomic E-state index is 5.54. The molecule has 0 fully saturated rings. The van der Waals surface area contributed by atoms with Gasteiger partial charge in [-0.05, 0) is 34.1 Å². The van der Waals surface area contributed by atoms with Gasteiger partial charge in [0.2, 0.25) is 5.75 Å². The number of benzene rings is 1. The van der Waals surface area contributed by atoms with Gasteiger partial charge in [0.05, 0.1) is 27.9 Å². The fraction of sp³-hybridized carbons (Fsp3) is 0.421. The van der Waals surface area contributed by atoms with E-state index < -0.39 is 0 Å². The molecule has 0 radical (unpaired) electrons. The summed E-state index contributed by atoms with van der Waals surface area (Å²) in [6.07, 6.45) is 2.04. The quantitative estimate of drug-likeness (QED) is 0.315. The van der Waals surface area contributed by atoms with Gasteiger partial charge in [-0.2, -0.15) is 0 Å². The van der Waals surface area contributed by atoms with Gasteiger partial charge < -0.3 is 29.0 Å². The molecule has 0 aliphatic heterocycles. The fourth-order valence-corrected chi connectivity index (χ4v) is 3.47. The van der Waals surface area contributed by atoms with Gasteiger partial charge in [-0.15, -0.1) is 24.0 Å². The van der Waals surface area contributed by atoms with Crippen LogP contribution in [0.15, 0.2) is 33.9 Å². The summed E-state index contributed by atoms with van der Waals surface area (Å²) in [6.45, 7) is 1.27. The van der Waals surface area contributed by atoms with Crippen LogP contribution in [0.4, 0.5) is 0 Å². The van der Waals surface area contributed by atoms with E-state index in [2.05, 4.69) is 41.8 Å². The number of guanidine groups is 1. The first kappa shape index (κ1) is 24.4. The van der Waals surface area contributed by atoms with Crippen LogP contribution in [0, 0.1) is 0 Å². The van der Waals surface area contributed by atoms with E-state index in [4.69, 9.17) is 14.2 Å². The Balaban J connectivity index is 0.00000392. The van der Waals surface area contributed by atoms with E-state index >= 15 is 0 Å². The molecule has 0 bridgehead atoms. The van der Waals surface area contributed by atoms with Crippen molar-refractivity contribution in [3.05, 3.63) is 40.1 Å². The normalized spacial score (nSPS) is 10.9. The molecule has 156 valence electrons. The molecule has 0 saturated carbocycles. The lowest BCUT2D eigenvalue weighted by molar-refractivity contribution is 0.322. The van der Waals surface area contributed by atoms with Crippen LogP contribution >= 0.6 is 39.9 Å². The molecule has 9 heteroatoms. The molecule has 0 saturated heterocycles. The van der Waals surface area contributed by atoms with Crippen LogP contribution in [0.3, 0.4) is 0 Å². The summed E-state index contributed by atoms with van der Waals surface area (Å²) in [5.74, 6) is 2.64. The number of nitrogens with one attached hydrogen (secondary N) is 1. The third kappa shape index (κ3) is 5.69. The minimum absolute atomic E-state index is 0. The van der Waals surface area contributed by atoms with Crippen LogP contribution in [0.25, 0.3) is 0 Å². The number of aryl methyl sites for hydroxylation is 1. The highest BCUT2D eigenvalue weighted by molar-refractivity contribution is 14.0. The molecular formula is C19H28BrIN4O3. The van der Waals surface area contributed by atoms with Crippen LogP contribution in [0.2, 0.25) is 0 Å². The van der Waals surface area contributed by atoms with E-state index in [0.29, 0.717) is 23.8 Å². The lowest BCUT2D eigenvalue weighted by Gasteiger charge is -2.23. The largest absolute Gasteiger partial charge is 0.493 e. The molecule has 7 nitrogen and oxygen atoms in total. The Kier molecular flexibility index (Phi) is 9.94. The first-order chi connectivity index (χ1) is 12.9. The smallest absolute Gasteiger partial charge is 0.203 e. The SMILES string of the molecule is CN=C(NCc1ccc(OC)c(OC)c1OC)N(C)Cc1cc(Br)cn1C.I. The lowest BCUT2D eigenvalue weighted by atomic mass is 10.1. The second-order valence-corrected chi connectivity index (χ2v) is 6.93. The second-order valence-electron chi connectivity index (χ2n) is 6.01. The highest BCUT2D eigenvalue weighted by Crippen LogP contribution is 2.39. The first-order valence-electron chi connectivity index (χ1n) is 8.45. The van der Waals surface area contributed by atoms with Gasteiger partial charge >= 0.3 is 0 Å². The van der Waals surface area contributed by atoms with Crippen molar-refractivity contribution in [2.45, 2.75) is 13.1 Å². The molecule has 0 spiro atoms. The van der Waals surface area contributed by atoms with E-state index in [-0.39, 0.29) is 24.0 Å². The van der Waals surface area contributed by atoms with Gasteiger partial charge in [0.1, 0.15) is 0 Å². The fourth-order valence-electron chi connectivity index (χ4n) is 2.90. The van der Waals surface area contributed by atoms with Gasteiger partial charge in [-0.1, -0.05) is 0 Å². The molecule has 0 aliphatic carbocycles. The molecule has 0 amide bonds. The van der Waals surface area contributed by atoms with Crippen molar-refractivity contribution in [1.29, 1.82) is 0 Å². The average molecular weight is 567 g/mol. The van der Waals surface area contributed by atoms with E-state index in [1.807, 2.05) is 32.4 Å². The molecule has 0 aliphatic rings. The Morgan fingerprint density at radius 1 is 1.18 bits per heavy atom. The Morgan fingerprint density at radius 3 is 2.36 bits per heavy atom. The van der Waals surface area contributed by atoms with Crippen molar-refractivity contribution in [1.82, 2.24) is 14.8 Å². The predicted octanol–water partition coefficient (Wildman–Crippen LogP) is 3.64. The number of hydrogen-bond donors (Lipinski definition) is 1. The number of aromatic nitrogens is 1. The number of methoxy groups -OCH3 is 3. The van der Waals surface area contributed by atoms with Crippen LogP contribution in [0.1, 0.15) is 11.3 Å². The van der Waals surface area contributed by atoms with Gasteiger partial charge in [0.15, 0.2) is 17.5 Å². The molecule has 1 aromatic carbocycles. The molecule has 1 heterocycles. The van der Waals surface area contributed by atoms with Gasteiger partial charge in [-0.25, -0.2) is 0 Å². The summed E-state index contributed by atoms with van der Waals surface area (Å²) in [5.41, 5.74) is 2.13. The van der Waals surface area contributed by atoms with Crippen molar-refractivity contribution in [3.8, 4) is 17.2 Å². The summed E-state index contributed by atoms with van der Waals surface area (Å²) >= 11 is 3.51. The summed E-state index contributed by atoms with van der Waals surface area (Å²) in [5, 5.41) is 3.37. The molecule has 1 N–H and O–H groups in total. The molecular weight excluding hydrogens is 539 g/mol.